The molecular formula is C15H16F3N3O3S2. The summed E-state index contributed by atoms with van der Waals surface area (Å²) in [5.41, 5.74) is -0.792. The van der Waals surface area contributed by atoms with Crippen LogP contribution in [0, 0.1) is 0 Å². The van der Waals surface area contributed by atoms with E-state index in [9.17, 15) is 21.6 Å². The van der Waals surface area contributed by atoms with Crippen molar-refractivity contribution in [2.75, 3.05) is 18.0 Å². The molecular weight excluding hydrogens is 391 g/mol. The van der Waals surface area contributed by atoms with Gasteiger partial charge in [0, 0.05) is 25.9 Å². The van der Waals surface area contributed by atoms with Gasteiger partial charge in [-0.25, -0.2) is 18.5 Å². The molecule has 0 bridgehead atoms. The van der Waals surface area contributed by atoms with Crippen molar-refractivity contribution in [2.24, 2.45) is 5.14 Å². The van der Waals surface area contributed by atoms with Crippen LogP contribution in [0.5, 0.6) is 5.75 Å². The summed E-state index contributed by atoms with van der Waals surface area (Å²) in [6.07, 6.45) is -2.63. The van der Waals surface area contributed by atoms with Gasteiger partial charge in [0.1, 0.15) is 11.9 Å². The first-order chi connectivity index (χ1) is 12.1. The summed E-state index contributed by atoms with van der Waals surface area (Å²) in [6.45, 7) is 0.993. The molecule has 1 saturated heterocycles. The number of piperidine rings is 1. The first kappa shape index (κ1) is 18.9. The van der Waals surface area contributed by atoms with Crippen molar-refractivity contribution in [2.45, 2.75) is 29.3 Å². The minimum Gasteiger partial charge on any atom is -0.490 e. The van der Waals surface area contributed by atoms with Crippen LogP contribution in [0.15, 0.2) is 34.7 Å². The number of alkyl halides is 3. The molecule has 0 aliphatic carbocycles. The van der Waals surface area contributed by atoms with Crippen LogP contribution in [0.25, 0.3) is 0 Å². The number of hydrogen-bond acceptors (Lipinski definition) is 6. The van der Waals surface area contributed by atoms with Gasteiger partial charge in [-0.1, -0.05) is 23.5 Å². The summed E-state index contributed by atoms with van der Waals surface area (Å²) in [5.74, 6) is -0.177. The molecule has 142 valence electrons. The van der Waals surface area contributed by atoms with Crippen LogP contribution in [0.4, 0.5) is 18.3 Å². The molecule has 6 nitrogen and oxygen atoms in total. The zero-order valence-electron chi connectivity index (χ0n) is 13.4. The molecule has 0 spiro atoms. The van der Waals surface area contributed by atoms with Gasteiger partial charge in [0.15, 0.2) is 9.34 Å². The highest BCUT2D eigenvalue weighted by atomic mass is 32.2. The average Bonchev–Trinajstić information content (AvgIpc) is 3.05. The number of primary sulfonamides is 1. The van der Waals surface area contributed by atoms with Crippen LogP contribution in [-0.4, -0.2) is 32.6 Å². The largest absolute Gasteiger partial charge is 0.490 e. The second-order valence-electron chi connectivity index (χ2n) is 5.81. The SMILES string of the molecule is NS(=O)(=O)c1cnc(N2CCC(Oc3ccccc3C(F)(F)F)CC2)s1. The smallest absolute Gasteiger partial charge is 0.419 e. The van der Waals surface area contributed by atoms with Crippen molar-refractivity contribution in [3.63, 3.8) is 0 Å². The summed E-state index contributed by atoms with van der Waals surface area (Å²) >= 11 is 0.970. The molecule has 1 aliphatic rings. The highest BCUT2D eigenvalue weighted by Crippen LogP contribution is 2.37. The summed E-state index contributed by atoms with van der Waals surface area (Å²) in [7, 11) is -3.79. The van der Waals surface area contributed by atoms with E-state index in [0.717, 1.165) is 17.4 Å². The topological polar surface area (TPSA) is 85.5 Å². The van der Waals surface area contributed by atoms with Gasteiger partial charge in [0.05, 0.1) is 11.8 Å². The maximum atomic E-state index is 13.0. The molecule has 0 atom stereocenters. The Labute approximate surface area is 152 Å². The van der Waals surface area contributed by atoms with E-state index in [-0.39, 0.29) is 16.1 Å². The lowest BCUT2D eigenvalue weighted by Crippen LogP contribution is -2.38. The predicted molar refractivity (Wildman–Crippen MR) is 90.8 cm³/mol. The molecule has 2 heterocycles. The maximum Gasteiger partial charge on any atom is 0.419 e. The van der Waals surface area contributed by atoms with Crippen LogP contribution in [0.1, 0.15) is 18.4 Å². The number of rotatable bonds is 4. The number of ether oxygens (including phenoxy) is 1. The monoisotopic (exact) mass is 407 g/mol. The number of thiazole rings is 1. The Kier molecular flexibility index (Phi) is 5.13. The highest BCUT2D eigenvalue weighted by molar-refractivity contribution is 7.91. The van der Waals surface area contributed by atoms with Crippen molar-refractivity contribution in [3.05, 3.63) is 36.0 Å². The standard InChI is InChI=1S/C15H16F3N3O3S2/c16-15(17,18)11-3-1-2-4-12(11)24-10-5-7-21(8-6-10)14-20-9-13(25-14)26(19,22)23/h1-4,9-10H,5-8H2,(H2,19,22,23). The van der Waals surface area contributed by atoms with Gasteiger partial charge in [-0.2, -0.15) is 13.2 Å². The predicted octanol–water partition coefficient (Wildman–Crippen LogP) is 2.86. The lowest BCUT2D eigenvalue weighted by molar-refractivity contribution is -0.139. The van der Waals surface area contributed by atoms with Crippen LogP contribution < -0.4 is 14.8 Å². The highest BCUT2D eigenvalue weighted by Gasteiger charge is 2.35. The van der Waals surface area contributed by atoms with E-state index in [1.807, 2.05) is 4.90 Å². The molecule has 2 N–H and O–H groups in total. The molecule has 0 amide bonds. The Morgan fingerprint density at radius 3 is 2.46 bits per heavy atom. The van der Waals surface area contributed by atoms with E-state index in [2.05, 4.69) is 4.98 Å². The molecule has 0 radical (unpaired) electrons. The second-order valence-corrected chi connectivity index (χ2v) is 8.60. The summed E-state index contributed by atoms with van der Waals surface area (Å²) in [4.78, 5) is 5.93. The van der Waals surface area contributed by atoms with Gasteiger partial charge >= 0.3 is 6.18 Å². The number of benzene rings is 1. The number of para-hydroxylation sites is 1. The Balaban J connectivity index is 1.64. The molecule has 1 aromatic heterocycles. The summed E-state index contributed by atoms with van der Waals surface area (Å²) < 4.78 is 67.3. The quantitative estimate of drug-likeness (QED) is 0.842. The van der Waals surface area contributed by atoms with Gasteiger partial charge in [0.2, 0.25) is 10.0 Å². The maximum absolute atomic E-state index is 13.0. The van der Waals surface area contributed by atoms with Crippen LogP contribution in [0.2, 0.25) is 0 Å². The zero-order valence-corrected chi connectivity index (χ0v) is 15.1. The van der Waals surface area contributed by atoms with E-state index in [1.54, 1.807) is 0 Å². The number of aromatic nitrogens is 1. The van der Waals surface area contributed by atoms with Crippen LogP contribution >= 0.6 is 11.3 Å². The van der Waals surface area contributed by atoms with Crippen LogP contribution in [-0.2, 0) is 16.2 Å². The Bertz CT molecular complexity index is 876. The van der Waals surface area contributed by atoms with Crippen molar-refractivity contribution in [1.29, 1.82) is 0 Å². The van der Waals surface area contributed by atoms with Crippen LogP contribution in [0.3, 0.4) is 0 Å². The van der Waals surface area contributed by atoms with E-state index >= 15 is 0 Å². The minimum absolute atomic E-state index is 0.0232. The van der Waals surface area contributed by atoms with E-state index in [1.165, 1.54) is 24.4 Å². The van der Waals surface area contributed by atoms with Crippen molar-refractivity contribution in [3.8, 4) is 5.75 Å². The third kappa shape index (κ3) is 4.27. The van der Waals surface area contributed by atoms with Crippen molar-refractivity contribution < 1.29 is 26.3 Å². The van der Waals surface area contributed by atoms with E-state index in [4.69, 9.17) is 9.88 Å². The van der Waals surface area contributed by atoms with Gasteiger partial charge in [0.25, 0.3) is 0 Å². The van der Waals surface area contributed by atoms with E-state index < -0.39 is 21.8 Å². The number of halogens is 3. The lowest BCUT2D eigenvalue weighted by atomic mass is 10.1. The zero-order chi connectivity index (χ0) is 18.9. The number of anilines is 1. The summed E-state index contributed by atoms with van der Waals surface area (Å²) in [5, 5.41) is 5.59. The normalized spacial score (nSPS) is 16.7. The number of nitrogens with zero attached hydrogens (tertiary/aromatic N) is 2. The molecule has 0 unspecified atom stereocenters. The fourth-order valence-electron chi connectivity index (χ4n) is 2.68. The number of hydrogen-bond donors (Lipinski definition) is 1. The van der Waals surface area contributed by atoms with Gasteiger partial charge < -0.3 is 9.64 Å². The first-order valence-corrected chi connectivity index (χ1v) is 10.1. The molecule has 3 rings (SSSR count). The fourth-order valence-corrected chi connectivity index (χ4v) is 4.27. The van der Waals surface area contributed by atoms with Gasteiger partial charge in [-0.3, -0.25) is 0 Å². The lowest BCUT2D eigenvalue weighted by Gasteiger charge is -2.32. The third-order valence-electron chi connectivity index (χ3n) is 3.95. The molecule has 0 saturated carbocycles. The fraction of sp³-hybridized carbons (Fsp3) is 0.400. The Hall–Kier alpha value is -1.85. The second kappa shape index (κ2) is 7.05. The van der Waals surface area contributed by atoms with Crippen molar-refractivity contribution in [1.82, 2.24) is 4.98 Å². The first-order valence-electron chi connectivity index (χ1n) is 7.71. The molecule has 2 aromatic rings. The minimum atomic E-state index is -4.47. The van der Waals surface area contributed by atoms with Gasteiger partial charge in [-0.15, -0.1) is 0 Å². The Morgan fingerprint density at radius 2 is 1.88 bits per heavy atom. The van der Waals surface area contributed by atoms with E-state index in [0.29, 0.717) is 31.1 Å². The third-order valence-corrected chi connectivity index (χ3v) is 6.42. The average molecular weight is 407 g/mol. The van der Waals surface area contributed by atoms with Crippen molar-refractivity contribution >= 4 is 26.5 Å². The number of sulfonamides is 1. The Morgan fingerprint density at radius 1 is 1.23 bits per heavy atom. The molecule has 1 aromatic carbocycles. The molecule has 26 heavy (non-hydrogen) atoms. The summed E-state index contributed by atoms with van der Waals surface area (Å²) in [6, 6.07) is 5.14. The molecule has 1 aliphatic heterocycles. The molecule has 11 heteroatoms. The number of nitrogens with two attached hydrogens (primary N) is 1. The molecule has 1 fully saturated rings. The van der Waals surface area contributed by atoms with Gasteiger partial charge in [-0.05, 0) is 12.1 Å².